The van der Waals surface area contributed by atoms with E-state index < -0.39 is 11.9 Å². The lowest BCUT2D eigenvalue weighted by atomic mass is 10.00. The molecule has 2 aromatic rings. The highest BCUT2D eigenvalue weighted by Crippen LogP contribution is 2.39. The van der Waals surface area contributed by atoms with Gasteiger partial charge in [0, 0.05) is 18.5 Å². The molecule has 1 atom stereocenters. The van der Waals surface area contributed by atoms with Crippen molar-refractivity contribution in [1.29, 1.82) is 0 Å². The van der Waals surface area contributed by atoms with Crippen molar-refractivity contribution in [2.75, 3.05) is 18.8 Å². The maximum Gasteiger partial charge on any atom is 0.433 e. The second-order valence-electron chi connectivity index (χ2n) is 6.35. The number of amides is 1. The summed E-state index contributed by atoms with van der Waals surface area (Å²) in [5.41, 5.74) is 5.74. The Morgan fingerprint density at radius 3 is 2.79 bits per heavy atom. The van der Waals surface area contributed by atoms with Crippen LogP contribution in [0.1, 0.15) is 40.7 Å². The molecule has 4 nitrogen and oxygen atoms in total. The summed E-state index contributed by atoms with van der Waals surface area (Å²) < 4.78 is 38.8. The van der Waals surface area contributed by atoms with Gasteiger partial charge in [0.15, 0.2) is 0 Å². The molecule has 0 spiro atoms. The van der Waals surface area contributed by atoms with E-state index in [0.29, 0.717) is 30.0 Å². The molecule has 3 rings (SSSR count). The van der Waals surface area contributed by atoms with Gasteiger partial charge in [0.1, 0.15) is 15.4 Å². The zero-order valence-corrected chi connectivity index (χ0v) is 14.2. The van der Waals surface area contributed by atoms with E-state index in [1.165, 1.54) is 0 Å². The van der Waals surface area contributed by atoms with Crippen molar-refractivity contribution >= 4 is 33.1 Å². The molecule has 0 unspecified atom stereocenters. The number of rotatable bonds is 1. The third kappa shape index (κ3) is 2.94. The van der Waals surface area contributed by atoms with Gasteiger partial charge in [0.05, 0.1) is 5.69 Å². The van der Waals surface area contributed by atoms with Crippen molar-refractivity contribution in [2.24, 2.45) is 5.92 Å². The largest absolute Gasteiger partial charge is 0.433 e. The predicted molar refractivity (Wildman–Crippen MR) is 88.1 cm³/mol. The summed E-state index contributed by atoms with van der Waals surface area (Å²) in [6.07, 6.45) is -2.53. The van der Waals surface area contributed by atoms with Crippen LogP contribution in [0.4, 0.5) is 18.9 Å². The highest BCUT2D eigenvalue weighted by molar-refractivity contribution is 7.21. The summed E-state index contributed by atoms with van der Waals surface area (Å²) in [4.78, 5) is 18.6. The molecule has 0 aliphatic carbocycles. The number of piperidine rings is 1. The molecule has 3 heterocycles. The fraction of sp³-hybridized carbons (Fsp3) is 0.500. The molecular formula is C16H18F3N3OS. The van der Waals surface area contributed by atoms with Crippen LogP contribution in [0.15, 0.2) is 6.07 Å². The van der Waals surface area contributed by atoms with Crippen molar-refractivity contribution in [3.05, 3.63) is 22.2 Å². The first-order chi connectivity index (χ1) is 11.2. The lowest BCUT2D eigenvalue weighted by Crippen LogP contribution is -2.39. The molecule has 130 valence electrons. The molecule has 2 aromatic heterocycles. The minimum atomic E-state index is -4.52. The van der Waals surface area contributed by atoms with Crippen molar-refractivity contribution in [2.45, 2.75) is 32.9 Å². The highest BCUT2D eigenvalue weighted by atomic mass is 32.1. The quantitative estimate of drug-likeness (QED) is 0.837. The van der Waals surface area contributed by atoms with Crippen LogP contribution in [0.2, 0.25) is 0 Å². The number of likely N-dealkylation sites (tertiary alicyclic amines) is 1. The van der Waals surface area contributed by atoms with Gasteiger partial charge in [-0.1, -0.05) is 6.92 Å². The second kappa shape index (κ2) is 5.91. The van der Waals surface area contributed by atoms with Gasteiger partial charge in [-0.25, -0.2) is 4.98 Å². The van der Waals surface area contributed by atoms with Gasteiger partial charge in [-0.2, -0.15) is 13.2 Å². The molecule has 24 heavy (non-hydrogen) atoms. The van der Waals surface area contributed by atoms with Gasteiger partial charge in [-0.15, -0.1) is 11.3 Å². The van der Waals surface area contributed by atoms with Crippen LogP contribution in [-0.4, -0.2) is 28.9 Å². The minimum absolute atomic E-state index is 0.160. The van der Waals surface area contributed by atoms with Gasteiger partial charge >= 0.3 is 6.18 Å². The minimum Gasteiger partial charge on any atom is -0.397 e. The number of anilines is 1. The molecule has 1 fully saturated rings. The number of fused-ring (bicyclic) bond motifs is 1. The molecule has 0 saturated carbocycles. The molecule has 1 amide bonds. The number of aromatic nitrogens is 1. The smallest absolute Gasteiger partial charge is 0.397 e. The number of nitrogen functional groups attached to an aromatic ring is 1. The highest BCUT2D eigenvalue weighted by Gasteiger charge is 2.34. The molecule has 8 heteroatoms. The number of thiophene rings is 1. The van der Waals surface area contributed by atoms with E-state index >= 15 is 0 Å². The lowest BCUT2D eigenvalue weighted by molar-refractivity contribution is -0.141. The van der Waals surface area contributed by atoms with Crippen molar-refractivity contribution in [1.82, 2.24) is 9.88 Å². The normalized spacial score (nSPS) is 19.0. The van der Waals surface area contributed by atoms with Crippen LogP contribution in [0.3, 0.4) is 0 Å². The van der Waals surface area contributed by atoms with Crippen LogP contribution < -0.4 is 5.73 Å². The number of pyridine rings is 1. The van der Waals surface area contributed by atoms with Crippen LogP contribution in [0.5, 0.6) is 0 Å². The van der Waals surface area contributed by atoms with Gasteiger partial charge in [-0.3, -0.25) is 4.79 Å². The standard InChI is InChI=1S/C16H18F3N3OS/c1-8-4-3-5-22(7-8)15(23)13-12(20)11-9(2)6-10(16(17,18)19)21-14(11)24-13/h6,8H,3-5,7,20H2,1-2H3/t8-/m1/s1. The molecule has 0 radical (unpaired) electrons. The number of nitrogens with zero attached hydrogens (tertiary/aromatic N) is 2. The van der Waals surface area contributed by atoms with Gasteiger partial charge in [0.25, 0.3) is 5.91 Å². The molecular weight excluding hydrogens is 339 g/mol. The maximum atomic E-state index is 12.9. The monoisotopic (exact) mass is 357 g/mol. The van der Waals surface area contributed by atoms with E-state index in [1.54, 1.807) is 11.8 Å². The fourth-order valence-corrected chi connectivity index (χ4v) is 4.27. The molecule has 0 bridgehead atoms. The SMILES string of the molecule is Cc1cc(C(F)(F)F)nc2sc(C(=O)N3CCC[C@@H](C)C3)c(N)c12. The Kier molecular flexibility index (Phi) is 4.19. The Balaban J connectivity index is 2.05. The van der Waals surface area contributed by atoms with Crippen LogP contribution in [0, 0.1) is 12.8 Å². The second-order valence-corrected chi connectivity index (χ2v) is 7.34. The van der Waals surface area contributed by atoms with Crippen molar-refractivity contribution in [3.63, 3.8) is 0 Å². The summed E-state index contributed by atoms with van der Waals surface area (Å²) in [6, 6.07) is 0.975. The summed E-state index contributed by atoms with van der Waals surface area (Å²) in [5, 5.41) is 0.446. The average molecular weight is 357 g/mol. The number of halogens is 3. The van der Waals surface area contributed by atoms with Crippen LogP contribution in [0.25, 0.3) is 10.2 Å². The van der Waals surface area contributed by atoms with E-state index in [9.17, 15) is 18.0 Å². The summed E-state index contributed by atoms with van der Waals surface area (Å²) >= 11 is 0.944. The number of hydrogen-bond donors (Lipinski definition) is 1. The van der Waals surface area contributed by atoms with Crippen LogP contribution in [-0.2, 0) is 6.18 Å². The van der Waals surface area contributed by atoms with Crippen LogP contribution >= 0.6 is 11.3 Å². The number of carbonyl (C=O) groups excluding carboxylic acids is 1. The number of hydrogen-bond acceptors (Lipinski definition) is 4. The first-order valence-electron chi connectivity index (χ1n) is 7.74. The molecule has 1 aliphatic rings. The Bertz CT molecular complexity index is 800. The number of alkyl halides is 3. The zero-order valence-electron chi connectivity index (χ0n) is 13.4. The van der Waals surface area contributed by atoms with E-state index in [2.05, 4.69) is 11.9 Å². The summed E-state index contributed by atoms with van der Waals surface area (Å²) in [7, 11) is 0. The molecule has 1 aliphatic heterocycles. The number of aryl methyl sites for hydroxylation is 1. The molecule has 0 aromatic carbocycles. The topological polar surface area (TPSA) is 59.2 Å². The number of nitrogens with two attached hydrogens (primary N) is 1. The lowest BCUT2D eigenvalue weighted by Gasteiger charge is -2.30. The van der Waals surface area contributed by atoms with E-state index in [4.69, 9.17) is 5.73 Å². The van der Waals surface area contributed by atoms with Crippen molar-refractivity contribution < 1.29 is 18.0 Å². The Morgan fingerprint density at radius 2 is 2.17 bits per heavy atom. The number of carbonyl (C=O) groups is 1. The first kappa shape index (κ1) is 17.0. The third-order valence-corrected chi connectivity index (χ3v) is 5.41. The molecule has 2 N–H and O–H groups in total. The van der Waals surface area contributed by atoms with E-state index in [1.807, 2.05) is 0 Å². The summed E-state index contributed by atoms with van der Waals surface area (Å²) in [5.74, 6) is 0.199. The average Bonchev–Trinajstić information content (AvgIpc) is 2.83. The zero-order chi connectivity index (χ0) is 17.6. The van der Waals surface area contributed by atoms with Gasteiger partial charge in [0.2, 0.25) is 0 Å². The van der Waals surface area contributed by atoms with Gasteiger partial charge in [-0.05, 0) is 37.3 Å². The Morgan fingerprint density at radius 1 is 1.46 bits per heavy atom. The van der Waals surface area contributed by atoms with E-state index in [0.717, 1.165) is 30.2 Å². The van der Waals surface area contributed by atoms with E-state index in [-0.39, 0.29) is 21.3 Å². The molecule has 1 saturated heterocycles. The van der Waals surface area contributed by atoms with Crippen molar-refractivity contribution in [3.8, 4) is 0 Å². The first-order valence-corrected chi connectivity index (χ1v) is 8.56. The maximum absolute atomic E-state index is 12.9. The fourth-order valence-electron chi connectivity index (χ4n) is 3.13. The third-order valence-electron chi connectivity index (χ3n) is 4.33. The Labute approximate surface area is 141 Å². The summed E-state index contributed by atoms with van der Waals surface area (Å²) in [6.45, 7) is 4.93. The predicted octanol–water partition coefficient (Wildman–Crippen LogP) is 4.08. The van der Waals surface area contributed by atoms with Gasteiger partial charge < -0.3 is 10.6 Å². The Hall–Kier alpha value is -1.83.